The van der Waals surface area contributed by atoms with Gasteiger partial charge in [-0.1, -0.05) is 66.7 Å². The highest BCUT2D eigenvalue weighted by Gasteiger charge is 2.31. The first-order valence-corrected chi connectivity index (χ1v) is 11.9. The van der Waals surface area contributed by atoms with Gasteiger partial charge in [0.1, 0.15) is 13.2 Å². The Hall–Kier alpha value is -3.84. The third-order valence-electron chi connectivity index (χ3n) is 5.54. The molecule has 35 heavy (non-hydrogen) atoms. The predicted octanol–water partition coefficient (Wildman–Crippen LogP) is 5.20. The summed E-state index contributed by atoms with van der Waals surface area (Å²) in [5.74, 6) is 0.813. The van der Waals surface area contributed by atoms with E-state index in [1.165, 1.54) is 0 Å². The molecule has 0 saturated heterocycles. The van der Waals surface area contributed by atoms with Crippen LogP contribution >= 0.6 is 12.2 Å². The van der Waals surface area contributed by atoms with E-state index >= 15 is 0 Å². The summed E-state index contributed by atoms with van der Waals surface area (Å²) in [6.07, 6.45) is 0. The summed E-state index contributed by atoms with van der Waals surface area (Å²) in [5.41, 5.74) is 3.91. The molecule has 0 aliphatic carbocycles. The van der Waals surface area contributed by atoms with Crippen LogP contribution in [0.5, 0.6) is 11.5 Å². The molecule has 0 saturated carbocycles. The van der Waals surface area contributed by atoms with Crippen molar-refractivity contribution in [3.8, 4) is 11.5 Å². The van der Waals surface area contributed by atoms with Gasteiger partial charge in [-0.2, -0.15) is 0 Å². The molecule has 1 aliphatic heterocycles. The Morgan fingerprint density at radius 3 is 2.20 bits per heavy atom. The number of ether oxygens (including phenoxy) is 3. The molecule has 0 bridgehead atoms. The number of allylic oxidation sites excluding steroid dienone is 1. The van der Waals surface area contributed by atoms with Crippen molar-refractivity contribution in [1.29, 1.82) is 0 Å². The number of esters is 1. The third-order valence-corrected chi connectivity index (χ3v) is 5.76. The molecule has 180 valence electrons. The zero-order valence-corrected chi connectivity index (χ0v) is 20.6. The van der Waals surface area contributed by atoms with Gasteiger partial charge in [0, 0.05) is 5.70 Å². The van der Waals surface area contributed by atoms with Crippen molar-refractivity contribution in [2.45, 2.75) is 33.1 Å². The number of hydrogen-bond acceptors (Lipinski definition) is 5. The average molecular weight is 489 g/mol. The van der Waals surface area contributed by atoms with E-state index in [9.17, 15) is 4.79 Å². The second-order valence-corrected chi connectivity index (χ2v) is 8.45. The number of nitrogens with one attached hydrogen (secondary N) is 2. The molecule has 0 aromatic heterocycles. The second-order valence-electron chi connectivity index (χ2n) is 8.05. The number of carbonyl (C=O) groups excluding carboxylic acids is 1. The molecule has 3 aromatic carbocycles. The molecule has 1 unspecified atom stereocenters. The Labute approximate surface area is 210 Å². The zero-order valence-electron chi connectivity index (χ0n) is 19.7. The van der Waals surface area contributed by atoms with Crippen LogP contribution in [0.2, 0.25) is 0 Å². The third kappa shape index (κ3) is 6.19. The maximum Gasteiger partial charge on any atom is 0.338 e. The lowest BCUT2D eigenvalue weighted by Crippen LogP contribution is -2.45. The molecule has 0 radical (unpaired) electrons. The summed E-state index contributed by atoms with van der Waals surface area (Å²) >= 11 is 5.38. The maximum absolute atomic E-state index is 13.1. The van der Waals surface area contributed by atoms with Crippen LogP contribution in [0.1, 0.15) is 36.6 Å². The Balaban J connectivity index is 1.57. The number of rotatable bonds is 9. The quantitative estimate of drug-likeness (QED) is 0.317. The first kappa shape index (κ1) is 24.3. The van der Waals surface area contributed by atoms with Crippen molar-refractivity contribution >= 4 is 23.3 Å². The Morgan fingerprint density at radius 2 is 1.54 bits per heavy atom. The lowest BCUT2D eigenvalue weighted by atomic mass is 9.95. The average Bonchev–Trinajstić information content (AvgIpc) is 2.87. The first-order chi connectivity index (χ1) is 17.0. The SMILES string of the molecule is CCOc1cc(C2NC(=S)NC(C)=C2C(=O)OCc2ccccc2)ccc1OCc1ccccc1. The van der Waals surface area contributed by atoms with E-state index in [4.69, 9.17) is 26.4 Å². The zero-order chi connectivity index (χ0) is 24.6. The number of benzene rings is 3. The van der Waals surface area contributed by atoms with Crippen molar-refractivity contribution in [3.63, 3.8) is 0 Å². The summed E-state index contributed by atoms with van der Waals surface area (Å²) in [4.78, 5) is 13.1. The molecule has 1 atom stereocenters. The van der Waals surface area contributed by atoms with Gasteiger partial charge in [0.2, 0.25) is 0 Å². The standard InChI is InChI=1S/C28H28N2O4S/c1-3-32-24-16-22(14-15-23(24)33-17-20-10-6-4-7-11-20)26-25(19(2)29-28(35)30-26)27(31)34-18-21-12-8-5-9-13-21/h4-16,26H,3,17-18H2,1-2H3,(H2,29,30,35). The van der Waals surface area contributed by atoms with E-state index in [0.29, 0.717) is 41.1 Å². The van der Waals surface area contributed by atoms with Gasteiger partial charge >= 0.3 is 5.97 Å². The van der Waals surface area contributed by atoms with Crippen molar-refractivity contribution in [2.75, 3.05) is 6.61 Å². The molecular weight excluding hydrogens is 460 g/mol. The van der Waals surface area contributed by atoms with E-state index in [1.807, 2.05) is 92.7 Å². The topological polar surface area (TPSA) is 68.8 Å². The van der Waals surface area contributed by atoms with Crippen LogP contribution in [0, 0.1) is 0 Å². The van der Waals surface area contributed by atoms with Gasteiger partial charge in [-0.25, -0.2) is 4.79 Å². The van der Waals surface area contributed by atoms with Crippen molar-refractivity contribution in [1.82, 2.24) is 10.6 Å². The van der Waals surface area contributed by atoms with E-state index in [-0.39, 0.29) is 6.61 Å². The number of thiocarbonyl (C=S) groups is 1. The molecule has 0 spiro atoms. The van der Waals surface area contributed by atoms with Crippen molar-refractivity contribution in [2.24, 2.45) is 0 Å². The van der Waals surface area contributed by atoms with E-state index in [1.54, 1.807) is 0 Å². The molecule has 7 heteroatoms. The predicted molar refractivity (Wildman–Crippen MR) is 139 cm³/mol. The molecule has 1 aliphatic rings. The van der Waals surface area contributed by atoms with Crippen molar-refractivity contribution in [3.05, 3.63) is 107 Å². The van der Waals surface area contributed by atoms with Gasteiger partial charge in [-0.15, -0.1) is 0 Å². The fraction of sp³-hybridized carbons (Fsp3) is 0.214. The smallest absolute Gasteiger partial charge is 0.338 e. The van der Waals surface area contributed by atoms with Crippen molar-refractivity contribution < 1.29 is 19.0 Å². The number of carbonyl (C=O) groups is 1. The monoisotopic (exact) mass is 488 g/mol. The Morgan fingerprint density at radius 1 is 0.886 bits per heavy atom. The van der Waals surface area contributed by atoms with Crippen LogP contribution in [-0.2, 0) is 22.7 Å². The van der Waals surface area contributed by atoms with Gasteiger partial charge in [-0.3, -0.25) is 0 Å². The molecule has 6 nitrogen and oxygen atoms in total. The first-order valence-electron chi connectivity index (χ1n) is 11.5. The lowest BCUT2D eigenvalue weighted by Gasteiger charge is -2.30. The van der Waals surface area contributed by atoms with Crippen LogP contribution in [0.25, 0.3) is 0 Å². The largest absolute Gasteiger partial charge is 0.490 e. The van der Waals surface area contributed by atoms with Crippen LogP contribution in [0.3, 0.4) is 0 Å². The van der Waals surface area contributed by atoms with Gasteiger partial charge in [0.15, 0.2) is 16.6 Å². The fourth-order valence-corrected chi connectivity index (χ4v) is 4.11. The lowest BCUT2D eigenvalue weighted by molar-refractivity contribution is -0.140. The number of hydrogen-bond donors (Lipinski definition) is 2. The molecule has 4 rings (SSSR count). The normalized spacial score (nSPS) is 15.1. The highest BCUT2D eigenvalue weighted by molar-refractivity contribution is 7.80. The maximum atomic E-state index is 13.1. The molecule has 0 amide bonds. The van der Waals surface area contributed by atoms with Crippen LogP contribution in [-0.4, -0.2) is 17.7 Å². The summed E-state index contributed by atoms with van der Waals surface area (Å²) in [6.45, 7) is 4.82. The molecule has 0 fully saturated rings. The molecule has 2 N–H and O–H groups in total. The minimum atomic E-state index is -0.491. The summed E-state index contributed by atoms with van der Waals surface area (Å²) in [7, 11) is 0. The minimum Gasteiger partial charge on any atom is -0.490 e. The van der Waals surface area contributed by atoms with E-state index in [2.05, 4.69) is 10.6 Å². The van der Waals surface area contributed by atoms with E-state index < -0.39 is 12.0 Å². The highest BCUT2D eigenvalue weighted by Crippen LogP contribution is 2.35. The van der Waals surface area contributed by atoms with Gasteiger partial charge in [0.05, 0.1) is 18.2 Å². The van der Waals surface area contributed by atoms with E-state index in [0.717, 1.165) is 16.7 Å². The molecule has 1 heterocycles. The summed E-state index contributed by atoms with van der Waals surface area (Å²) in [5, 5.41) is 6.68. The Bertz CT molecular complexity index is 1210. The van der Waals surface area contributed by atoms with Crippen LogP contribution < -0.4 is 20.1 Å². The molecular formula is C28H28N2O4S. The summed E-state index contributed by atoms with van der Waals surface area (Å²) in [6, 6.07) is 24.7. The minimum absolute atomic E-state index is 0.185. The van der Waals surface area contributed by atoms with Gasteiger partial charge < -0.3 is 24.8 Å². The fourth-order valence-electron chi connectivity index (χ4n) is 3.84. The van der Waals surface area contributed by atoms with Gasteiger partial charge in [0.25, 0.3) is 0 Å². The van der Waals surface area contributed by atoms with Gasteiger partial charge in [-0.05, 0) is 54.9 Å². The summed E-state index contributed by atoms with van der Waals surface area (Å²) < 4.78 is 17.6. The molecule has 3 aromatic rings. The van der Waals surface area contributed by atoms with Crippen LogP contribution in [0.15, 0.2) is 90.1 Å². The Kier molecular flexibility index (Phi) is 8.00. The second kappa shape index (κ2) is 11.5. The van der Waals surface area contributed by atoms with Crippen LogP contribution in [0.4, 0.5) is 0 Å². The highest BCUT2D eigenvalue weighted by atomic mass is 32.1.